The number of hydrogen-bond acceptors (Lipinski definition) is 3. The third kappa shape index (κ3) is 4.07. The minimum absolute atomic E-state index is 0.149. The van der Waals surface area contributed by atoms with Crippen LogP contribution in [0.1, 0.15) is 30.6 Å². The van der Waals surface area contributed by atoms with Crippen molar-refractivity contribution in [2.24, 2.45) is 0 Å². The van der Waals surface area contributed by atoms with Crippen LogP contribution in [0.3, 0.4) is 0 Å². The monoisotopic (exact) mass is 329 g/mol. The molecule has 0 spiro atoms. The molecule has 0 saturated heterocycles. The molecule has 2 rings (SSSR count). The van der Waals surface area contributed by atoms with Gasteiger partial charge in [-0.25, -0.2) is 13.8 Å². The summed E-state index contributed by atoms with van der Waals surface area (Å²) in [7, 11) is 0. The van der Waals surface area contributed by atoms with E-state index in [1.54, 1.807) is 19.1 Å². The van der Waals surface area contributed by atoms with Crippen molar-refractivity contribution in [2.75, 3.05) is 5.32 Å². The number of halogens is 2. The van der Waals surface area contributed by atoms with Gasteiger partial charge in [-0.15, -0.1) is 6.42 Å². The lowest BCUT2D eigenvalue weighted by Gasteiger charge is -2.24. The Balaban J connectivity index is 2.30. The zero-order chi connectivity index (χ0) is 17.7. The Labute approximate surface area is 139 Å². The van der Waals surface area contributed by atoms with Gasteiger partial charge in [0.1, 0.15) is 17.5 Å². The van der Waals surface area contributed by atoms with Crippen LogP contribution in [0.25, 0.3) is 0 Å². The van der Waals surface area contributed by atoms with Gasteiger partial charge in [0.2, 0.25) is 0 Å². The maximum atomic E-state index is 13.3. The van der Waals surface area contributed by atoms with Crippen LogP contribution in [0, 0.1) is 24.0 Å². The molecule has 4 nitrogen and oxygen atoms in total. The number of anilines is 2. The van der Waals surface area contributed by atoms with Gasteiger partial charge in [-0.05, 0) is 37.6 Å². The first-order chi connectivity index (χ1) is 11.4. The molecule has 0 bridgehead atoms. The van der Waals surface area contributed by atoms with Crippen LogP contribution < -0.4 is 10.6 Å². The molecule has 124 valence electrons. The molecule has 24 heavy (non-hydrogen) atoms. The van der Waals surface area contributed by atoms with E-state index < -0.39 is 23.1 Å². The number of nitrogens with zero attached hydrogens (tertiary/aromatic N) is 1. The van der Waals surface area contributed by atoms with Gasteiger partial charge in [0.25, 0.3) is 5.91 Å². The fraction of sp³-hybridized carbons (Fsp3) is 0.222. The van der Waals surface area contributed by atoms with Crippen molar-refractivity contribution >= 4 is 17.4 Å². The smallest absolute Gasteiger partial charge is 0.256 e. The average Bonchev–Trinajstić information content (AvgIpc) is 2.54. The highest BCUT2D eigenvalue weighted by Gasteiger charge is 2.23. The largest absolute Gasteiger partial charge is 0.339 e. The molecule has 6 heteroatoms. The summed E-state index contributed by atoms with van der Waals surface area (Å²) in [6.07, 6.45) is 7.48. The summed E-state index contributed by atoms with van der Waals surface area (Å²) in [5, 5.41) is 5.51. The normalized spacial score (nSPS) is 12.8. The quantitative estimate of drug-likeness (QED) is 0.824. The van der Waals surface area contributed by atoms with Gasteiger partial charge >= 0.3 is 0 Å². The van der Waals surface area contributed by atoms with Crippen LogP contribution in [0.15, 0.2) is 36.5 Å². The van der Waals surface area contributed by atoms with Gasteiger partial charge in [-0.3, -0.25) is 4.79 Å². The molecule has 1 unspecified atom stereocenters. The van der Waals surface area contributed by atoms with E-state index >= 15 is 0 Å². The Kier molecular flexibility index (Phi) is 5.14. The summed E-state index contributed by atoms with van der Waals surface area (Å²) in [5.41, 5.74) is -0.428. The van der Waals surface area contributed by atoms with E-state index in [0.29, 0.717) is 6.42 Å². The van der Waals surface area contributed by atoms with Crippen LogP contribution in [0.2, 0.25) is 0 Å². The fourth-order valence-corrected chi connectivity index (χ4v) is 2.00. The summed E-state index contributed by atoms with van der Waals surface area (Å²) in [4.78, 5) is 16.6. The Hall–Kier alpha value is -2.94. The Morgan fingerprint density at radius 2 is 2.00 bits per heavy atom. The number of amides is 1. The third-order valence-electron chi connectivity index (χ3n) is 3.59. The van der Waals surface area contributed by atoms with Gasteiger partial charge in [0.15, 0.2) is 0 Å². The van der Waals surface area contributed by atoms with Crippen molar-refractivity contribution in [1.29, 1.82) is 0 Å². The summed E-state index contributed by atoms with van der Waals surface area (Å²) in [6, 6.07) is 6.11. The van der Waals surface area contributed by atoms with E-state index in [9.17, 15) is 13.6 Å². The Morgan fingerprint density at radius 3 is 2.58 bits per heavy atom. The Bertz CT molecular complexity index is 781. The van der Waals surface area contributed by atoms with E-state index in [2.05, 4.69) is 21.5 Å². The van der Waals surface area contributed by atoms with Crippen molar-refractivity contribution in [3.63, 3.8) is 0 Å². The van der Waals surface area contributed by atoms with Crippen LogP contribution >= 0.6 is 0 Å². The standard InChI is InChI=1S/C18H17F2N3O/c1-4-18(3,5-2)23-17(24)15-7-6-8-21-16(15)22-14-10-12(19)9-13(20)11-14/h1,6-11H,5H2,2-3H3,(H,21,22)(H,23,24). The summed E-state index contributed by atoms with van der Waals surface area (Å²) >= 11 is 0. The lowest BCUT2D eigenvalue weighted by Crippen LogP contribution is -2.44. The number of carbonyl (C=O) groups excluding carboxylic acids is 1. The first-order valence-corrected chi connectivity index (χ1v) is 7.35. The molecule has 1 atom stereocenters. The van der Waals surface area contributed by atoms with Crippen molar-refractivity contribution in [3.05, 3.63) is 53.7 Å². The molecule has 1 aromatic carbocycles. The molecule has 1 amide bonds. The van der Waals surface area contributed by atoms with Crippen LogP contribution in [0.4, 0.5) is 20.3 Å². The maximum Gasteiger partial charge on any atom is 0.256 e. The molecule has 2 aromatic rings. The predicted octanol–water partition coefficient (Wildman–Crippen LogP) is 3.64. The molecule has 0 fully saturated rings. The number of pyridine rings is 1. The number of nitrogens with one attached hydrogen (secondary N) is 2. The second-order valence-corrected chi connectivity index (χ2v) is 5.47. The first kappa shape index (κ1) is 17.4. The third-order valence-corrected chi connectivity index (χ3v) is 3.59. The number of carbonyl (C=O) groups is 1. The van der Waals surface area contributed by atoms with Crippen LogP contribution in [-0.4, -0.2) is 16.4 Å². The summed E-state index contributed by atoms with van der Waals surface area (Å²) in [5.74, 6) is 0.829. The topological polar surface area (TPSA) is 54.0 Å². The molecule has 0 aliphatic heterocycles. The van der Waals surface area contributed by atoms with E-state index in [1.165, 1.54) is 6.20 Å². The van der Waals surface area contributed by atoms with E-state index in [-0.39, 0.29) is 17.1 Å². The number of terminal acetylenes is 1. The minimum atomic E-state index is -0.796. The SMILES string of the molecule is C#CC(C)(CC)NC(=O)c1cccnc1Nc1cc(F)cc(F)c1. The minimum Gasteiger partial charge on any atom is -0.339 e. The number of benzene rings is 1. The molecule has 0 radical (unpaired) electrons. The predicted molar refractivity (Wildman–Crippen MR) is 88.9 cm³/mol. The van der Waals surface area contributed by atoms with Gasteiger partial charge in [-0.2, -0.15) is 0 Å². The maximum absolute atomic E-state index is 13.3. The van der Waals surface area contributed by atoms with Crippen molar-refractivity contribution in [3.8, 4) is 12.3 Å². The second-order valence-electron chi connectivity index (χ2n) is 5.47. The van der Waals surface area contributed by atoms with E-state index in [4.69, 9.17) is 6.42 Å². The molecular formula is C18H17F2N3O. The number of aromatic nitrogens is 1. The van der Waals surface area contributed by atoms with E-state index in [0.717, 1.165) is 18.2 Å². The second kappa shape index (κ2) is 7.09. The highest BCUT2D eigenvalue weighted by atomic mass is 19.1. The molecule has 0 aliphatic rings. The van der Waals surface area contributed by atoms with Crippen molar-refractivity contribution < 1.29 is 13.6 Å². The van der Waals surface area contributed by atoms with E-state index in [1.807, 2.05) is 6.92 Å². The molecule has 0 saturated carbocycles. The van der Waals surface area contributed by atoms with Crippen molar-refractivity contribution in [1.82, 2.24) is 10.3 Å². The zero-order valence-electron chi connectivity index (χ0n) is 13.4. The summed E-state index contributed by atoms with van der Waals surface area (Å²) in [6.45, 7) is 3.59. The summed E-state index contributed by atoms with van der Waals surface area (Å²) < 4.78 is 26.6. The average molecular weight is 329 g/mol. The number of rotatable bonds is 5. The molecule has 1 heterocycles. The van der Waals surface area contributed by atoms with Gasteiger partial charge in [0.05, 0.1) is 11.1 Å². The van der Waals surface area contributed by atoms with Crippen LogP contribution in [0.5, 0.6) is 0 Å². The molecule has 1 aromatic heterocycles. The van der Waals surface area contributed by atoms with Crippen molar-refractivity contribution in [2.45, 2.75) is 25.8 Å². The first-order valence-electron chi connectivity index (χ1n) is 7.35. The molecular weight excluding hydrogens is 312 g/mol. The fourth-order valence-electron chi connectivity index (χ4n) is 2.00. The lowest BCUT2D eigenvalue weighted by atomic mass is 9.99. The molecule has 0 aliphatic carbocycles. The highest BCUT2D eigenvalue weighted by Crippen LogP contribution is 2.21. The van der Waals surface area contributed by atoms with Crippen LogP contribution in [-0.2, 0) is 0 Å². The van der Waals surface area contributed by atoms with Gasteiger partial charge in [0, 0.05) is 18.0 Å². The van der Waals surface area contributed by atoms with Gasteiger partial charge in [-0.1, -0.05) is 12.8 Å². The Morgan fingerprint density at radius 1 is 1.33 bits per heavy atom. The number of hydrogen-bond donors (Lipinski definition) is 2. The zero-order valence-corrected chi connectivity index (χ0v) is 13.4. The molecule has 2 N–H and O–H groups in total. The lowest BCUT2D eigenvalue weighted by molar-refractivity contribution is 0.0924. The van der Waals surface area contributed by atoms with Gasteiger partial charge < -0.3 is 10.6 Å². The highest BCUT2D eigenvalue weighted by molar-refractivity contribution is 5.99.